The molecule has 2 N–H and O–H groups in total. The van der Waals surface area contributed by atoms with Crippen molar-refractivity contribution in [3.05, 3.63) is 69.8 Å². The summed E-state index contributed by atoms with van der Waals surface area (Å²) in [7, 11) is 0. The number of nitrogens with zero attached hydrogens (tertiary/aromatic N) is 2. The molecule has 0 aliphatic rings. The zero-order valence-corrected chi connectivity index (χ0v) is 17.7. The molecule has 158 valence electrons. The lowest BCUT2D eigenvalue weighted by molar-refractivity contribution is -0.139. The maximum absolute atomic E-state index is 14.6. The van der Waals surface area contributed by atoms with Gasteiger partial charge in [-0.2, -0.15) is 4.98 Å². The van der Waals surface area contributed by atoms with Gasteiger partial charge in [-0.15, -0.1) is 0 Å². The van der Waals surface area contributed by atoms with Crippen LogP contribution in [0.5, 0.6) is 0 Å². The first-order valence-corrected chi connectivity index (χ1v) is 9.96. The Hall–Kier alpha value is -2.77. The number of hydrogen-bond acceptors (Lipinski definition) is 5. The molecule has 1 atom stereocenters. The Kier molecular flexibility index (Phi) is 6.84. The quantitative estimate of drug-likeness (QED) is 0.535. The molecule has 2 aromatic carbocycles. The molecule has 0 fully saturated rings. The highest BCUT2D eigenvalue weighted by Crippen LogP contribution is 2.24. The number of rotatable bonds is 8. The molecule has 0 aliphatic heterocycles. The first-order valence-electron chi connectivity index (χ1n) is 9.58. The van der Waals surface area contributed by atoms with Crippen molar-refractivity contribution in [2.24, 2.45) is 0 Å². The van der Waals surface area contributed by atoms with E-state index < -0.39 is 17.8 Å². The van der Waals surface area contributed by atoms with E-state index in [-0.39, 0.29) is 23.7 Å². The highest BCUT2D eigenvalue weighted by Gasteiger charge is 2.20. The summed E-state index contributed by atoms with van der Waals surface area (Å²) in [5.41, 5.74) is 2.57. The number of benzene rings is 2. The van der Waals surface area contributed by atoms with Crippen LogP contribution in [0.15, 0.2) is 40.9 Å². The molecule has 3 rings (SSSR count). The molecule has 0 saturated carbocycles. The summed E-state index contributed by atoms with van der Waals surface area (Å²) >= 11 is 6.12. The number of hydrogen-bond donors (Lipinski definition) is 2. The molecular weight excluding hydrogens is 409 g/mol. The summed E-state index contributed by atoms with van der Waals surface area (Å²) in [4.78, 5) is 15.9. The van der Waals surface area contributed by atoms with Gasteiger partial charge < -0.3 is 14.9 Å². The van der Waals surface area contributed by atoms with E-state index in [9.17, 15) is 14.3 Å². The lowest BCUT2D eigenvalue weighted by Crippen LogP contribution is -2.38. The molecule has 30 heavy (non-hydrogen) atoms. The molecule has 1 unspecified atom stereocenters. The fourth-order valence-corrected chi connectivity index (χ4v) is 3.20. The van der Waals surface area contributed by atoms with Crippen molar-refractivity contribution < 1.29 is 18.8 Å². The van der Waals surface area contributed by atoms with E-state index in [4.69, 9.17) is 16.1 Å². The largest absolute Gasteiger partial charge is 0.480 e. The van der Waals surface area contributed by atoms with E-state index in [0.717, 1.165) is 11.1 Å². The topological polar surface area (TPSA) is 88.3 Å². The Labute approximate surface area is 179 Å². The Bertz CT molecular complexity index is 1050. The van der Waals surface area contributed by atoms with Crippen LogP contribution >= 0.6 is 11.6 Å². The average molecular weight is 432 g/mol. The van der Waals surface area contributed by atoms with Gasteiger partial charge in [0.15, 0.2) is 0 Å². The SMILES string of the molecule is Cc1c(Cl)cccc1CNC(Cc1ccc(-c2noc(C(C)C)n2)c(F)c1)C(=O)O. The molecule has 6 nitrogen and oxygen atoms in total. The van der Waals surface area contributed by atoms with Crippen molar-refractivity contribution >= 4 is 17.6 Å². The second-order valence-electron chi connectivity index (χ2n) is 7.42. The summed E-state index contributed by atoms with van der Waals surface area (Å²) in [5.74, 6) is -0.900. The lowest BCUT2D eigenvalue weighted by Gasteiger charge is -2.16. The second-order valence-corrected chi connectivity index (χ2v) is 7.83. The van der Waals surface area contributed by atoms with Gasteiger partial charge in [0.2, 0.25) is 11.7 Å². The van der Waals surface area contributed by atoms with Crippen LogP contribution in [0.25, 0.3) is 11.4 Å². The Morgan fingerprint density at radius 2 is 2.07 bits per heavy atom. The van der Waals surface area contributed by atoms with Gasteiger partial charge in [0, 0.05) is 17.5 Å². The third kappa shape index (κ3) is 5.04. The molecule has 0 aliphatic carbocycles. The molecule has 3 aromatic rings. The number of nitrogens with one attached hydrogen (secondary N) is 1. The van der Waals surface area contributed by atoms with E-state index in [1.165, 1.54) is 6.07 Å². The Morgan fingerprint density at radius 1 is 1.30 bits per heavy atom. The summed E-state index contributed by atoms with van der Waals surface area (Å²) in [6, 6.07) is 9.13. The molecule has 0 radical (unpaired) electrons. The summed E-state index contributed by atoms with van der Waals surface area (Å²) in [5, 5.41) is 17.0. The number of carboxylic acid groups (broad SMARTS) is 1. The third-order valence-electron chi connectivity index (χ3n) is 4.87. The fraction of sp³-hybridized carbons (Fsp3) is 0.318. The van der Waals surface area contributed by atoms with Gasteiger partial charge >= 0.3 is 5.97 Å². The number of halogens is 2. The summed E-state index contributed by atoms with van der Waals surface area (Å²) in [6.45, 7) is 6.03. The number of carbonyl (C=O) groups is 1. The number of aromatic nitrogens is 2. The van der Waals surface area contributed by atoms with Gasteiger partial charge in [-0.3, -0.25) is 4.79 Å². The van der Waals surface area contributed by atoms with Crippen molar-refractivity contribution in [2.45, 2.75) is 45.7 Å². The predicted octanol–water partition coefficient (Wildman–Crippen LogP) is 4.75. The molecule has 8 heteroatoms. The molecular formula is C22H23ClFN3O3. The summed E-state index contributed by atoms with van der Waals surface area (Å²) < 4.78 is 19.8. The van der Waals surface area contributed by atoms with Crippen molar-refractivity contribution in [1.29, 1.82) is 0 Å². The number of aliphatic carboxylic acids is 1. The maximum Gasteiger partial charge on any atom is 0.321 e. The molecule has 0 spiro atoms. The van der Waals surface area contributed by atoms with Crippen LogP contribution in [0.3, 0.4) is 0 Å². The van der Waals surface area contributed by atoms with Crippen molar-refractivity contribution in [1.82, 2.24) is 15.5 Å². The molecule has 0 saturated heterocycles. The van der Waals surface area contributed by atoms with E-state index in [0.29, 0.717) is 23.0 Å². The lowest BCUT2D eigenvalue weighted by atomic mass is 10.0. The van der Waals surface area contributed by atoms with Crippen LogP contribution in [-0.4, -0.2) is 27.3 Å². The van der Waals surface area contributed by atoms with E-state index in [1.807, 2.05) is 32.9 Å². The first kappa shape index (κ1) is 21.9. The fourth-order valence-electron chi connectivity index (χ4n) is 3.01. The zero-order valence-electron chi connectivity index (χ0n) is 16.9. The van der Waals surface area contributed by atoms with Gasteiger partial charge in [0.25, 0.3) is 0 Å². The first-order chi connectivity index (χ1) is 14.3. The standard InChI is InChI=1S/C22H23ClFN3O3/c1-12(2)21-26-20(27-30-21)16-8-7-14(9-18(16)24)10-19(22(28)29)25-11-15-5-4-6-17(23)13(15)3/h4-9,12,19,25H,10-11H2,1-3H3,(H,28,29). The zero-order chi connectivity index (χ0) is 21.8. The highest BCUT2D eigenvalue weighted by molar-refractivity contribution is 6.31. The minimum atomic E-state index is -1.01. The van der Waals surface area contributed by atoms with Crippen LogP contribution in [0, 0.1) is 12.7 Å². The monoisotopic (exact) mass is 431 g/mol. The second kappa shape index (κ2) is 9.36. The van der Waals surface area contributed by atoms with Gasteiger partial charge in [-0.1, -0.05) is 48.8 Å². The van der Waals surface area contributed by atoms with E-state index >= 15 is 0 Å². The van der Waals surface area contributed by atoms with Gasteiger partial charge in [-0.25, -0.2) is 4.39 Å². The van der Waals surface area contributed by atoms with E-state index in [1.54, 1.807) is 18.2 Å². The van der Waals surface area contributed by atoms with Crippen LogP contribution < -0.4 is 5.32 Å². The Balaban J connectivity index is 1.73. The molecule has 1 aromatic heterocycles. The third-order valence-corrected chi connectivity index (χ3v) is 5.28. The molecule has 0 amide bonds. The Morgan fingerprint density at radius 3 is 2.70 bits per heavy atom. The maximum atomic E-state index is 14.6. The van der Waals surface area contributed by atoms with Gasteiger partial charge in [-0.05, 0) is 48.2 Å². The minimum absolute atomic E-state index is 0.0408. The normalized spacial score (nSPS) is 12.3. The van der Waals surface area contributed by atoms with Crippen LogP contribution in [0.2, 0.25) is 5.02 Å². The minimum Gasteiger partial charge on any atom is -0.480 e. The van der Waals surface area contributed by atoms with Crippen LogP contribution in [0.4, 0.5) is 4.39 Å². The van der Waals surface area contributed by atoms with Crippen molar-refractivity contribution in [3.63, 3.8) is 0 Å². The number of carboxylic acids is 1. The van der Waals surface area contributed by atoms with Gasteiger partial charge in [0.05, 0.1) is 5.56 Å². The smallest absolute Gasteiger partial charge is 0.321 e. The average Bonchev–Trinajstić information content (AvgIpc) is 3.18. The summed E-state index contributed by atoms with van der Waals surface area (Å²) in [6.07, 6.45) is 0.121. The van der Waals surface area contributed by atoms with Crippen LogP contribution in [0.1, 0.15) is 42.3 Å². The van der Waals surface area contributed by atoms with Crippen molar-refractivity contribution in [2.75, 3.05) is 0 Å². The van der Waals surface area contributed by atoms with E-state index in [2.05, 4.69) is 15.5 Å². The van der Waals surface area contributed by atoms with Crippen molar-refractivity contribution in [3.8, 4) is 11.4 Å². The molecule has 1 heterocycles. The van der Waals surface area contributed by atoms with Gasteiger partial charge in [0.1, 0.15) is 11.9 Å². The van der Waals surface area contributed by atoms with Crippen LogP contribution in [-0.2, 0) is 17.8 Å². The predicted molar refractivity (Wildman–Crippen MR) is 112 cm³/mol. The highest BCUT2D eigenvalue weighted by atomic mass is 35.5. The molecule has 0 bridgehead atoms.